The highest BCUT2D eigenvalue weighted by Gasteiger charge is 2.22. The van der Waals surface area contributed by atoms with Gasteiger partial charge in [-0.05, 0) is 19.8 Å². The Bertz CT molecular complexity index is 455. The predicted molar refractivity (Wildman–Crippen MR) is 81.7 cm³/mol. The van der Waals surface area contributed by atoms with Gasteiger partial charge in [0.2, 0.25) is 0 Å². The molecule has 108 valence electrons. The summed E-state index contributed by atoms with van der Waals surface area (Å²) in [5.74, 6) is 1.34. The van der Waals surface area contributed by atoms with Crippen LogP contribution in [0.25, 0.3) is 0 Å². The number of carbonyl (C=O) groups is 1. The number of aromatic nitrogens is 2. The van der Waals surface area contributed by atoms with Crippen molar-refractivity contribution in [1.82, 2.24) is 9.55 Å². The Morgan fingerprint density at radius 2 is 1.89 bits per heavy atom. The third kappa shape index (κ3) is 4.37. The first-order valence-electron chi connectivity index (χ1n) is 6.82. The molecule has 1 aromatic rings. The Morgan fingerprint density at radius 3 is 2.37 bits per heavy atom. The number of rotatable bonds is 5. The smallest absolute Gasteiger partial charge is 0.168 e. The molecule has 0 aliphatic heterocycles. The number of hydrogen-bond donors (Lipinski definition) is 0. The highest BCUT2D eigenvalue weighted by molar-refractivity contribution is 7.99. The van der Waals surface area contributed by atoms with Crippen LogP contribution in [0.15, 0.2) is 5.16 Å². The number of hydrogen-bond acceptors (Lipinski definition) is 3. The first-order chi connectivity index (χ1) is 8.62. The minimum atomic E-state index is -0.271. The molecule has 0 saturated heterocycles. The monoisotopic (exact) mass is 282 g/mol. The topological polar surface area (TPSA) is 34.9 Å². The second kappa shape index (κ2) is 6.12. The minimum absolute atomic E-state index is 0.270. The fourth-order valence-corrected chi connectivity index (χ4v) is 2.92. The molecule has 0 radical (unpaired) electrons. The fraction of sp³-hybridized carbons (Fsp3) is 0.733. The number of imidazole rings is 1. The van der Waals surface area contributed by atoms with E-state index >= 15 is 0 Å². The lowest BCUT2D eigenvalue weighted by atomic mass is 9.92. The van der Waals surface area contributed by atoms with Crippen molar-refractivity contribution in [3.8, 4) is 0 Å². The van der Waals surface area contributed by atoms with Gasteiger partial charge in [-0.15, -0.1) is 0 Å². The predicted octanol–water partition coefficient (Wildman–Crippen LogP) is 3.86. The van der Waals surface area contributed by atoms with E-state index in [1.165, 1.54) is 5.69 Å². The molecule has 0 spiro atoms. The average molecular weight is 282 g/mol. The second-order valence-corrected chi connectivity index (χ2v) is 7.47. The highest BCUT2D eigenvalue weighted by Crippen LogP contribution is 2.25. The summed E-state index contributed by atoms with van der Waals surface area (Å²) in [5.41, 5.74) is 2.00. The average Bonchev–Trinajstić information content (AvgIpc) is 2.52. The van der Waals surface area contributed by atoms with Crippen LogP contribution in [-0.4, -0.2) is 21.1 Å². The van der Waals surface area contributed by atoms with Gasteiger partial charge in [-0.1, -0.05) is 46.4 Å². The van der Waals surface area contributed by atoms with Crippen molar-refractivity contribution in [2.24, 2.45) is 11.3 Å². The molecular formula is C15H26N2OS. The zero-order valence-corrected chi connectivity index (χ0v) is 14.0. The molecule has 0 saturated carbocycles. The van der Waals surface area contributed by atoms with Gasteiger partial charge in [0.05, 0.1) is 11.4 Å². The van der Waals surface area contributed by atoms with Crippen LogP contribution in [0.3, 0.4) is 0 Å². The molecule has 0 atom stereocenters. The van der Waals surface area contributed by atoms with Gasteiger partial charge in [0.1, 0.15) is 5.78 Å². The van der Waals surface area contributed by atoms with E-state index in [1.54, 1.807) is 11.8 Å². The molecule has 0 aromatic carbocycles. The molecule has 0 N–H and O–H groups in total. The van der Waals surface area contributed by atoms with Gasteiger partial charge in [-0.2, -0.15) is 0 Å². The van der Waals surface area contributed by atoms with Crippen molar-refractivity contribution >= 4 is 17.5 Å². The third-order valence-electron chi connectivity index (χ3n) is 3.14. The molecule has 4 heteroatoms. The van der Waals surface area contributed by atoms with Crippen LogP contribution in [0, 0.1) is 25.2 Å². The normalized spacial score (nSPS) is 12.2. The van der Waals surface area contributed by atoms with Gasteiger partial charge >= 0.3 is 0 Å². The summed E-state index contributed by atoms with van der Waals surface area (Å²) in [6.45, 7) is 15.4. The first kappa shape index (κ1) is 16.3. The number of thioether (sulfide) groups is 1. The Hall–Kier alpha value is -0.770. The van der Waals surface area contributed by atoms with Crippen molar-refractivity contribution in [3.05, 3.63) is 11.4 Å². The van der Waals surface area contributed by atoms with E-state index in [-0.39, 0.29) is 11.2 Å². The first-order valence-corrected chi connectivity index (χ1v) is 7.81. The molecular weight excluding hydrogens is 256 g/mol. The summed E-state index contributed by atoms with van der Waals surface area (Å²) in [6, 6.07) is 0. The molecule has 0 aliphatic rings. The van der Waals surface area contributed by atoms with Crippen molar-refractivity contribution in [3.63, 3.8) is 0 Å². The van der Waals surface area contributed by atoms with Crippen LogP contribution >= 0.6 is 11.8 Å². The van der Waals surface area contributed by atoms with Gasteiger partial charge in [-0.3, -0.25) is 4.79 Å². The molecule has 0 amide bonds. The van der Waals surface area contributed by atoms with Crippen LogP contribution in [0.2, 0.25) is 0 Å². The van der Waals surface area contributed by atoms with Gasteiger partial charge in [0, 0.05) is 17.7 Å². The molecule has 1 rings (SSSR count). The Balaban J connectivity index is 2.84. The SMILES string of the molecule is Cc1nc(SCC(=O)C(C)(C)C)n(CC(C)C)c1C. The zero-order chi connectivity index (χ0) is 14.8. The number of Topliss-reactive ketones (excluding diaryl/α,β-unsaturated/α-hetero) is 1. The molecule has 0 unspecified atom stereocenters. The third-order valence-corrected chi connectivity index (χ3v) is 4.12. The quantitative estimate of drug-likeness (QED) is 0.769. The lowest BCUT2D eigenvalue weighted by Gasteiger charge is -2.16. The van der Waals surface area contributed by atoms with Gasteiger partial charge in [0.15, 0.2) is 5.16 Å². The molecule has 0 aliphatic carbocycles. The van der Waals surface area contributed by atoms with E-state index in [0.29, 0.717) is 11.7 Å². The van der Waals surface area contributed by atoms with Gasteiger partial charge < -0.3 is 4.57 Å². The molecule has 1 heterocycles. The number of ketones is 1. The summed E-state index contributed by atoms with van der Waals surface area (Å²) in [6.07, 6.45) is 0. The summed E-state index contributed by atoms with van der Waals surface area (Å²) < 4.78 is 2.24. The molecule has 1 aromatic heterocycles. The maximum atomic E-state index is 12.0. The number of aryl methyl sites for hydroxylation is 1. The fourth-order valence-electron chi connectivity index (χ4n) is 1.66. The Kier molecular flexibility index (Phi) is 5.25. The van der Waals surface area contributed by atoms with Gasteiger partial charge in [-0.25, -0.2) is 4.98 Å². The number of nitrogens with zero attached hydrogens (tertiary/aromatic N) is 2. The number of carbonyl (C=O) groups excluding carboxylic acids is 1. The van der Waals surface area contributed by atoms with Crippen LogP contribution in [0.1, 0.15) is 46.0 Å². The van der Waals surface area contributed by atoms with E-state index in [0.717, 1.165) is 17.4 Å². The maximum Gasteiger partial charge on any atom is 0.168 e. The standard InChI is InChI=1S/C15H26N2OS/c1-10(2)8-17-12(4)11(3)16-14(17)19-9-13(18)15(5,6)7/h10H,8-9H2,1-7H3. The van der Waals surface area contributed by atoms with Crippen molar-refractivity contribution in [2.45, 2.75) is 60.2 Å². The molecule has 0 fully saturated rings. The zero-order valence-electron chi connectivity index (χ0n) is 13.2. The van der Waals surface area contributed by atoms with Crippen LogP contribution in [0.4, 0.5) is 0 Å². The summed E-state index contributed by atoms with van der Waals surface area (Å²) >= 11 is 1.56. The Morgan fingerprint density at radius 1 is 1.32 bits per heavy atom. The van der Waals surface area contributed by atoms with Crippen molar-refractivity contribution in [2.75, 3.05) is 5.75 Å². The van der Waals surface area contributed by atoms with E-state index in [4.69, 9.17) is 0 Å². The van der Waals surface area contributed by atoms with E-state index in [2.05, 4.69) is 30.3 Å². The summed E-state index contributed by atoms with van der Waals surface area (Å²) in [7, 11) is 0. The van der Waals surface area contributed by atoms with E-state index < -0.39 is 0 Å². The molecule has 0 bridgehead atoms. The lowest BCUT2D eigenvalue weighted by Crippen LogP contribution is -2.22. The van der Waals surface area contributed by atoms with Crippen molar-refractivity contribution in [1.29, 1.82) is 0 Å². The summed E-state index contributed by atoms with van der Waals surface area (Å²) in [4.78, 5) is 16.6. The van der Waals surface area contributed by atoms with Crippen LogP contribution in [-0.2, 0) is 11.3 Å². The van der Waals surface area contributed by atoms with Crippen molar-refractivity contribution < 1.29 is 4.79 Å². The molecule has 3 nitrogen and oxygen atoms in total. The lowest BCUT2D eigenvalue weighted by molar-refractivity contribution is -0.123. The summed E-state index contributed by atoms with van der Waals surface area (Å²) in [5, 5.41) is 0.973. The van der Waals surface area contributed by atoms with Crippen LogP contribution < -0.4 is 0 Å². The Labute approximate surface area is 121 Å². The second-order valence-electron chi connectivity index (χ2n) is 6.53. The van der Waals surface area contributed by atoms with E-state index in [9.17, 15) is 4.79 Å². The largest absolute Gasteiger partial charge is 0.323 e. The maximum absolute atomic E-state index is 12.0. The highest BCUT2D eigenvalue weighted by atomic mass is 32.2. The van der Waals surface area contributed by atoms with Gasteiger partial charge in [0.25, 0.3) is 0 Å². The van der Waals surface area contributed by atoms with E-state index in [1.807, 2.05) is 27.7 Å². The minimum Gasteiger partial charge on any atom is -0.323 e. The molecule has 19 heavy (non-hydrogen) atoms. The van der Waals surface area contributed by atoms with Crippen LogP contribution in [0.5, 0.6) is 0 Å².